The zero-order valence-electron chi connectivity index (χ0n) is 9.78. The van der Waals surface area contributed by atoms with Gasteiger partial charge < -0.3 is 15.6 Å². The summed E-state index contributed by atoms with van der Waals surface area (Å²) in [6.07, 6.45) is -1.26. The third kappa shape index (κ3) is 3.25. The molecule has 0 saturated carbocycles. The largest absolute Gasteiger partial charge is 0.465 e. The Morgan fingerprint density at radius 2 is 2.06 bits per heavy atom. The van der Waals surface area contributed by atoms with Crippen molar-refractivity contribution in [1.82, 2.24) is 0 Å². The summed E-state index contributed by atoms with van der Waals surface area (Å²) >= 11 is 0. The van der Waals surface area contributed by atoms with Gasteiger partial charge in [-0.3, -0.25) is 14.9 Å². The van der Waals surface area contributed by atoms with Crippen molar-refractivity contribution in [2.75, 3.05) is 6.61 Å². The first-order chi connectivity index (χ1) is 8.47. The molecule has 7 heteroatoms. The lowest BCUT2D eigenvalue weighted by Gasteiger charge is -2.17. The summed E-state index contributed by atoms with van der Waals surface area (Å²) in [6, 6.07) is 3.95. The number of nitrogens with zero attached hydrogens (tertiary/aromatic N) is 1. The normalized spacial score (nSPS) is 13.7. The molecule has 7 nitrogen and oxygen atoms in total. The van der Waals surface area contributed by atoms with Crippen LogP contribution in [0, 0.1) is 10.1 Å². The Balaban J connectivity index is 2.80. The van der Waals surface area contributed by atoms with Crippen LogP contribution in [-0.2, 0) is 9.53 Å². The topological polar surface area (TPSA) is 116 Å². The summed E-state index contributed by atoms with van der Waals surface area (Å²) in [5, 5.41) is 20.3. The number of aliphatic hydroxyl groups is 1. The van der Waals surface area contributed by atoms with Crippen LogP contribution < -0.4 is 5.73 Å². The fourth-order valence-electron chi connectivity index (χ4n) is 1.37. The molecule has 0 aliphatic rings. The van der Waals surface area contributed by atoms with Crippen molar-refractivity contribution in [1.29, 1.82) is 0 Å². The van der Waals surface area contributed by atoms with E-state index >= 15 is 0 Å². The van der Waals surface area contributed by atoms with E-state index in [1.165, 1.54) is 24.3 Å². The van der Waals surface area contributed by atoms with Gasteiger partial charge in [-0.15, -0.1) is 0 Å². The average molecular weight is 254 g/mol. The zero-order chi connectivity index (χ0) is 13.7. The highest BCUT2D eigenvalue weighted by molar-refractivity contribution is 5.76. The number of carbonyl (C=O) groups excluding carboxylic acids is 1. The number of benzene rings is 1. The van der Waals surface area contributed by atoms with Crippen molar-refractivity contribution in [3.05, 3.63) is 39.9 Å². The van der Waals surface area contributed by atoms with E-state index in [4.69, 9.17) is 5.73 Å². The molecule has 1 aromatic carbocycles. The minimum Gasteiger partial charge on any atom is -0.465 e. The van der Waals surface area contributed by atoms with Crippen LogP contribution in [0.4, 0.5) is 5.69 Å². The number of rotatable bonds is 5. The van der Waals surface area contributed by atoms with Crippen LogP contribution in [0.25, 0.3) is 0 Å². The monoisotopic (exact) mass is 254 g/mol. The highest BCUT2D eigenvalue weighted by Gasteiger charge is 2.25. The molecule has 0 saturated heterocycles. The Labute approximate surface area is 103 Å². The third-order valence-electron chi connectivity index (χ3n) is 2.34. The number of nitro groups is 1. The molecule has 18 heavy (non-hydrogen) atoms. The standard InChI is InChI=1S/C11H14N2O5/c1-2-18-11(15)9(12)10(14)7-3-5-8(6-4-7)13(16)17/h3-6,9-10,14H,2,12H2,1H3. The van der Waals surface area contributed by atoms with E-state index in [0.717, 1.165) is 0 Å². The van der Waals surface area contributed by atoms with E-state index in [9.17, 15) is 20.0 Å². The van der Waals surface area contributed by atoms with Gasteiger partial charge in [-0.05, 0) is 24.6 Å². The summed E-state index contributed by atoms with van der Waals surface area (Å²) in [4.78, 5) is 21.2. The van der Waals surface area contributed by atoms with Gasteiger partial charge in [0.05, 0.1) is 11.5 Å². The molecule has 0 fully saturated rings. The summed E-state index contributed by atoms with van der Waals surface area (Å²) in [6.45, 7) is 1.79. The SMILES string of the molecule is CCOC(=O)C(N)C(O)c1ccc([N+](=O)[O-])cc1. The summed E-state index contributed by atoms with van der Waals surface area (Å²) in [5.74, 6) is -0.719. The molecule has 3 N–H and O–H groups in total. The highest BCUT2D eigenvalue weighted by atomic mass is 16.6. The Bertz CT molecular complexity index is 432. The molecule has 0 bridgehead atoms. The summed E-state index contributed by atoms with van der Waals surface area (Å²) < 4.78 is 4.68. The first-order valence-electron chi connectivity index (χ1n) is 5.32. The van der Waals surface area contributed by atoms with Crippen molar-refractivity contribution < 1.29 is 19.6 Å². The van der Waals surface area contributed by atoms with Gasteiger partial charge in [-0.25, -0.2) is 0 Å². The number of carbonyl (C=O) groups is 1. The second-order valence-corrected chi connectivity index (χ2v) is 3.57. The molecule has 0 aliphatic heterocycles. The van der Waals surface area contributed by atoms with Crippen molar-refractivity contribution in [3.8, 4) is 0 Å². The Hall–Kier alpha value is -1.99. The zero-order valence-corrected chi connectivity index (χ0v) is 9.78. The van der Waals surface area contributed by atoms with Gasteiger partial charge in [0, 0.05) is 12.1 Å². The third-order valence-corrected chi connectivity index (χ3v) is 2.34. The van der Waals surface area contributed by atoms with Crippen LogP contribution in [0.3, 0.4) is 0 Å². The Morgan fingerprint density at radius 3 is 2.50 bits per heavy atom. The van der Waals surface area contributed by atoms with Crippen LogP contribution in [0.15, 0.2) is 24.3 Å². The van der Waals surface area contributed by atoms with Gasteiger partial charge in [0.2, 0.25) is 0 Å². The maximum absolute atomic E-state index is 11.3. The van der Waals surface area contributed by atoms with Crippen molar-refractivity contribution in [2.24, 2.45) is 5.73 Å². The smallest absolute Gasteiger partial charge is 0.325 e. The second-order valence-electron chi connectivity index (χ2n) is 3.57. The van der Waals surface area contributed by atoms with Crippen LogP contribution in [0.1, 0.15) is 18.6 Å². The van der Waals surface area contributed by atoms with Gasteiger partial charge in [0.15, 0.2) is 0 Å². The molecule has 1 aromatic rings. The van der Waals surface area contributed by atoms with E-state index in [1.807, 2.05) is 0 Å². The molecule has 1 rings (SSSR count). The number of non-ortho nitro benzene ring substituents is 1. The molecule has 0 spiro atoms. The van der Waals surface area contributed by atoms with Crippen molar-refractivity contribution in [3.63, 3.8) is 0 Å². The minimum atomic E-state index is -1.26. The van der Waals surface area contributed by atoms with E-state index in [1.54, 1.807) is 6.92 Å². The number of nitro benzene ring substituents is 1. The van der Waals surface area contributed by atoms with E-state index in [-0.39, 0.29) is 12.3 Å². The Kier molecular flexibility index (Phi) is 4.75. The lowest BCUT2D eigenvalue weighted by atomic mass is 10.0. The quantitative estimate of drug-likeness (QED) is 0.449. The number of ether oxygens (including phenoxy) is 1. The molecule has 98 valence electrons. The summed E-state index contributed by atoms with van der Waals surface area (Å²) in [5.41, 5.74) is 5.74. The second kappa shape index (κ2) is 6.08. The van der Waals surface area contributed by atoms with E-state index in [2.05, 4.69) is 4.74 Å². The molecule has 0 aliphatic carbocycles. The van der Waals surface area contributed by atoms with Gasteiger partial charge in [0.1, 0.15) is 12.1 Å². The molecular formula is C11H14N2O5. The van der Waals surface area contributed by atoms with Crippen LogP contribution >= 0.6 is 0 Å². The number of esters is 1. The molecular weight excluding hydrogens is 240 g/mol. The predicted molar refractivity (Wildman–Crippen MR) is 62.7 cm³/mol. The maximum Gasteiger partial charge on any atom is 0.325 e. The van der Waals surface area contributed by atoms with Crippen LogP contribution in [0.2, 0.25) is 0 Å². The van der Waals surface area contributed by atoms with Gasteiger partial charge in [-0.2, -0.15) is 0 Å². The molecule has 0 radical (unpaired) electrons. The first-order valence-corrected chi connectivity index (χ1v) is 5.32. The summed E-state index contributed by atoms with van der Waals surface area (Å²) in [7, 11) is 0. The van der Waals surface area contributed by atoms with Gasteiger partial charge in [0.25, 0.3) is 5.69 Å². The number of hydrogen-bond donors (Lipinski definition) is 2. The average Bonchev–Trinajstić information content (AvgIpc) is 2.37. The number of nitrogens with two attached hydrogens (primary N) is 1. The van der Waals surface area contributed by atoms with E-state index in [0.29, 0.717) is 5.56 Å². The highest BCUT2D eigenvalue weighted by Crippen LogP contribution is 2.20. The lowest BCUT2D eigenvalue weighted by molar-refractivity contribution is -0.384. The molecule has 0 heterocycles. The molecule has 2 unspecified atom stereocenters. The maximum atomic E-state index is 11.3. The lowest BCUT2D eigenvalue weighted by Crippen LogP contribution is -2.38. The van der Waals surface area contributed by atoms with Gasteiger partial charge >= 0.3 is 5.97 Å². The van der Waals surface area contributed by atoms with Crippen molar-refractivity contribution >= 4 is 11.7 Å². The molecule has 0 aromatic heterocycles. The van der Waals surface area contributed by atoms with Crippen LogP contribution in [0.5, 0.6) is 0 Å². The minimum absolute atomic E-state index is 0.101. The Morgan fingerprint density at radius 1 is 1.50 bits per heavy atom. The number of aliphatic hydroxyl groups excluding tert-OH is 1. The number of hydrogen-bond acceptors (Lipinski definition) is 6. The van der Waals surface area contributed by atoms with Crippen LogP contribution in [-0.4, -0.2) is 28.6 Å². The predicted octanol–water partition coefficient (Wildman–Crippen LogP) is 0.519. The van der Waals surface area contributed by atoms with E-state index < -0.39 is 23.0 Å². The first kappa shape index (κ1) is 14.1. The molecule has 0 amide bonds. The molecule has 2 atom stereocenters. The fourth-order valence-corrected chi connectivity index (χ4v) is 1.37. The van der Waals surface area contributed by atoms with Crippen molar-refractivity contribution in [2.45, 2.75) is 19.1 Å². The van der Waals surface area contributed by atoms with Gasteiger partial charge in [-0.1, -0.05) is 0 Å². The fraction of sp³-hybridized carbons (Fsp3) is 0.364.